The molecule has 12 heteroatoms. The number of hydrogen-bond donors (Lipinski definition) is 0. The Morgan fingerprint density at radius 2 is 1.57 bits per heavy atom. The first kappa shape index (κ1) is 26.4. The van der Waals surface area contributed by atoms with Crippen molar-refractivity contribution in [2.45, 2.75) is 6.18 Å². The van der Waals surface area contributed by atoms with E-state index in [2.05, 4.69) is 4.74 Å². The summed E-state index contributed by atoms with van der Waals surface area (Å²) < 4.78 is 72.5. The molecule has 0 N–H and O–H groups in total. The van der Waals surface area contributed by atoms with E-state index >= 15 is 0 Å². The Morgan fingerprint density at radius 3 is 2.25 bits per heavy atom. The molecule has 0 aliphatic carbocycles. The van der Waals surface area contributed by atoms with Crippen LogP contribution in [-0.4, -0.2) is 26.2 Å². The van der Waals surface area contributed by atoms with E-state index < -0.39 is 40.6 Å². The molecule has 0 atom stereocenters. The standard InChI is InChI=1S/C28H17F3O9/c1-35-19-5-3-4-15-12-21(39-23(15)19)27(34)38-17-10-11-18-20(13-17)40-25(28(29,30)31)24(22(18)32)37-16-8-6-14(7-9-16)26(33)36-2/h3-13H,1-2H3. The first-order valence-electron chi connectivity index (χ1n) is 11.4. The van der Waals surface area contributed by atoms with Crippen molar-refractivity contribution in [3.63, 3.8) is 0 Å². The van der Waals surface area contributed by atoms with Gasteiger partial charge in [-0.2, -0.15) is 13.2 Å². The Kier molecular flexibility index (Phi) is 6.68. The van der Waals surface area contributed by atoms with Gasteiger partial charge in [0.25, 0.3) is 5.76 Å². The zero-order valence-corrected chi connectivity index (χ0v) is 20.7. The number of hydrogen-bond acceptors (Lipinski definition) is 9. The Hall–Kier alpha value is -5.26. The van der Waals surface area contributed by atoms with E-state index in [1.165, 1.54) is 50.6 Å². The van der Waals surface area contributed by atoms with Crippen molar-refractivity contribution in [3.05, 3.63) is 94.0 Å². The summed E-state index contributed by atoms with van der Waals surface area (Å²) in [4.78, 5) is 37.3. The summed E-state index contributed by atoms with van der Waals surface area (Å²) in [7, 11) is 2.61. The van der Waals surface area contributed by atoms with Crippen LogP contribution < -0.4 is 19.6 Å². The number of alkyl halides is 3. The zero-order chi connectivity index (χ0) is 28.6. The van der Waals surface area contributed by atoms with Crippen LogP contribution in [0, 0.1) is 0 Å². The largest absolute Gasteiger partial charge is 0.493 e. The van der Waals surface area contributed by atoms with E-state index in [1.54, 1.807) is 18.2 Å². The van der Waals surface area contributed by atoms with E-state index in [0.717, 1.165) is 12.1 Å². The van der Waals surface area contributed by atoms with Crippen LogP contribution in [0.3, 0.4) is 0 Å². The Bertz CT molecular complexity index is 1820. The highest BCUT2D eigenvalue weighted by molar-refractivity contribution is 5.95. The lowest BCUT2D eigenvalue weighted by molar-refractivity contribution is -0.154. The van der Waals surface area contributed by atoms with Crippen LogP contribution in [0.15, 0.2) is 80.4 Å². The third-order valence-electron chi connectivity index (χ3n) is 5.71. The third-order valence-corrected chi connectivity index (χ3v) is 5.71. The molecule has 0 spiro atoms. The molecule has 2 heterocycles. The van der Waals surface area contributed by atoms with Gasteiger partial charge in [-0.15, -0.1) is 0 Å². The Balaban J connectivity index is 1.48. The van der Waals surface area contributed by atoms with Gasteiger partial charge >= 0.3 is 18.1 Å². The third kappa shape index (κ3) is 4.94. The predicted molar refractivity (Wildman–Crippen MR) is 133 cm³/mol. The first-order chi connectivity index (χ1) is 19.1. The summed E-state index contributed by atoms with van der Waals surface area (Å²) in [5.41, 5.74) is -1.18. The smallest absolute Gasteiger partial charge is 0.453 e. The molecule has 0 unspecified atom stereocenters. The molecular formula is C28H17F3O9. The van der Waals surface area contributed by atoms with Gasteiger partial charge in [0.1, 0.15) is 17.1 Å². The average Bonchev–Trinajstić information content (AvgIpc) is 3.39. The fraction of sp³-hybridized carbons (Fsp3) is 0.107. The summed E-state index contributed by atoms with van der Waals surface area (Å²) in [6.07, 6.45) is -5.12. The van der Waals surface area contributed by atoms with Gasteiger partial charge in [0.2, 0.25) is 16.9 Å². The van der Waals surface area contributed by atoms with Crippen molar-refractivity contribution in [1.82, 2.24) is 0 Å². The molecule has 0 saturated heterocycles. The van der Waals surface area contributed by atoms with Gasteiger partial charge in [-0.25, -0.2) is 9.59 Å². The van der Waals surface area contributed by atoms with E-state index in [4.69, 9.17) is 23.0 Å². The molecule has 3 aromatic carbocycles. The van der Waals surface area contributed by atoms with Crippen molar-refractivity contribution in [2.75, 3.05) is 14.2 Å². The van der Waals surface area contributed by atoms with E-state index in [-0.39, 0.29) is 28.2 Å². The molecule has 0 radical (unpaired) electrons. The van der Waals surface area contributed by atoms with Gasteiger partial charge in [0.15, 0.2) is 11.3 Å². The van der Waals surface area contributed by atoms with Crippen molar-refractivity contribution in [2.24, 2.45) is 0 Å². The Labute approximate surface area is 222 Å². The van der Waals surface area contributed by atoms with Gasteiger partial charge < -0.3 is 27.8 Å². The zero-order valence-electron chi connectivity index (χ0n) is 20.7. The topological polar surface area (TPSA) is 114 Å². The average molecular weight is 554 g/mol. The van der Waals surface area contributed by atoms with Crippen molar-refractivity contribution >= 4 is 33.9 Å². The number of carbonyl (C=O) groups is 2. The molecular weight excluding hydrogens is 537 g/mol. The molecule has 40 heavy (non-hydrogen) atoms. The van der Waals surface area contributed by atoms with Crippen LogP contribution in [0.25, 0.3) is 21.9 Å². The highest BCUT2D eigenvalue weighted by Crippen LogP contribution is 2.39. The van der Waals surface area contributed by atoms with Gasteiger partial charge in [-0.1, -0.05) is 12.1 Å². The highest BCUT2D eigenvalue weighted by atomic mass is 19.4. The van der Waals surface area contributed by atoms with Crippen LogP contribution in [0.5, 0.6) is 23.0 Å². The summed E-state index contributed by atoms with van der Waals surface area (Å²) in [6, 6.07) is 14.7. The summed E-state index contributed by atoms with van der Waals surface area (Å²) in [5.74, 6) is -4.55. The molecule has 0 fully saturated rings. The normalized spacial score (nSPS) is 11.4. The molecule has 204 valence electrons. The minimum Gasteiger partial charge on any atom is -0.493 e. The van der Waals surface area contributed by atoms with Crippen molar-refractivity contribution < 1.29 is 50.5 Å². The number of fused-ring (bicyclic) bond motifs is 2. The number of methoxy groups -OCH3 is 2. The maximum Gasteiger partial charge on any atom is 0.453 e. The molecule has 0 aliphatic heterocycles. The lowest BCUT2D eigenvalue weighted by atomic mass is 10.2. The number of esters is 2. The van der Waals surface area contributed by atoms with Gasteiger partial charge in [0, 0.05) is 11.5 Å². The van der Waals surface area contributed by atoms with Crippen LogP contribution >= 0.6 is 0 Å². The van der Waals surface area contributed by atoms with Gasteiger partial charge in [-0.3, -0.25) is 4.79 Å². The van der Waals surface area contributed by atoms with Gasteiger partial charge in [0.05, 0.1) is 25.2 Å². The van der Waals surface area contributed by atoms with E-state index in [9.17, 15) is 27.6 Å². The summed E-state index contributed by atoms with van der Waals surface area (Å²) >= 11 is 0. The molecule has 2 aromatic heterocycles. The maximum absolute atomic E-state index is 13.9. The minimum absolute atomic E-state index is 0.125. The first-order valence-corrected chi connectivity index (χ1v) is 11.4. The molecule has 0 aliphatic rings. The molecule has 9 nitrogen and oxygen atoms in total. The number of halogens is 3. The van der Waals surface area contributed by atoms with E-state index in [1.807, 2.05) is 0 Å². The number of rotatable bonds is 6. The van der Waals surface area contributed by atoms with Crippen molar-refractivity contribution in [3.8, 4) is 23.0 Å². The van der Waals surface area contributed by atoms with Gasteiger partial charge in [-0.05, 0) is 48.5 Å². The number of para-hydroxylation sites is 1. The molecule has 0 saturated carbocycles. The predicted octanol–water partition coefficient (Wildman–Crippen LogP) is 6.36. The lowest BCUT2D eigenvalue weighted by Crippen LogP contribution is -2.15. The SMILES string of the molecule is COC(=O)c1ccc(Oc2c(C(F)(F)F)oc3cc(OC(=O)c4cc5cccc(OC)c5o4)ccc3c2=O)cc1. The second kappa shape index (κ2) is 10.1. The number of furan rings is 1. The number of benzene rings is 3. The van der Waals surface area contributed by atoms with Crippen LogP contribution in [-0.2, 0) is 10.9 Å². The fourth-order valence-corrected chi connectivity index (χ4v) is 3.85. The maximum atomic E-state index is 13.9. The summed E-state index contributed by atoms with van der Waals surface area (Å²) in [5, 5.41) is 0.306. The molecule has 5 aromatic rings. The van der Waals surface area contributed by atoms with E-state index in [0.29, 0.717) is 16.7 Å². The fourth-order valence-electron chi connectivity index (χ4n) is 3.85. The molecule has 0 bridgehead atoms. The highest BCUT2D eigenvalue weighted by Gasteiger charge is 2.40. The Morgan fingerprint density at radius 1 is 0.850 bits per heavy atom. The molecule has 5 rings (SSSR count). The summed E-state index contributed by atoms with van der Waals surface area (Å²) in [6.45, 7) is 0. The number of ether oxygens (including phenoxy) is 4. The quantitative estimate of drug-likeness (QED) is 0.175. The van der Waals surface area contributed by atoms with Crippen molar-refractivity contribution in [1.29, 1.82) is 0 Å². The van der Waals surface area contributed by atoms with Crippen LogP contribution in [0.2, 0.25) is 0 Å². The second-order valence-electron chi connectivity index (χ2n) is 8.24. The van der Waals surface area contributed by atoms with Crippen LogP contribution in [0.1, 0.15) is 26.7 Å². The van der Waals surface area contributed by atoms with Crippen LogP contribution in [0.4, 0.5) is 13.2 Å². The molecule has 0 amide bonds. The lowest BCUT2D eigenvalue weighted by Gasteiger charge is -2.13. The monoisotopic (exact) mass is 554 g/mol. The second-order valence-corrected chi connectivity index (χ2v) is 8.24. The number of carbonyl (C=O) groups excluding carboxylic acids is 2. The minimum atomic E-state index is -5.12.